The van der Waals surface area contributed by atoms with Gasteiger partial charge in [-0.25, -0.2) is 0 Å². The van der Waals surface area contributed by atoms with Crippen LogP contribution in [0.15, 0.2) is 48.5 Å². The fourth-order valence-corrected chi connectivity index (χ4v) is 3.11. The third-order valence-corrected chi connectivity index (χ3v) is 4.40. The molecule has 6 nitrogen and oxygen atoms in total. The summed E-state index contributed by atoms with van der Waals surface area (Å²) in [6.45, 7) is 5.27. The Kier molecular flexibility index (Phi) is 5.96. The number of anilines is 2. The summed E-state index contributed by atoms with van der Waals surface area (Å²) in [7, 11) is 0. The number of nitrogens with zero attached hydrogens (tertiary/aromatic N) is 1. The van der Waals surface area contributed by atoms with E-state index >= 15 is 0 Å². The summed E-state index contributed by atoms with van der Waals surface area (Å²) in [5, 5.41) is 2.89. The van der Waals surface area contributed by atoms with Crippen molar-refractivity contribution in [2.24, 2.45) is 5.92 Å². The Hall–Kier alpha value is -3.02. The Morgan fingerprint density at radius 3 is 2.48 bits per heavy atom. The second kappa shape index (κ2) is 8.58. The van der Waals surface area contributed by atoms with Crippen molar-refractivity contribution in [3.05, 3.63) is 48.5 Å². The summed E-state index contributed by atoms with van der Waals surface area (Å²) >= 11 is 0. The smallest absolute Gasteiger partial charge is 0.229 e. The minimum Gasteiger partial charge on any atom is -0.494 e. The molecule has 0 radical (unpaired) electrons. The minimum absolute atomic E-state index is 0.0580. The molecule has 1 heterocycles. The Morgan fingerprint density at radius 1 is 1.07 bits per heavy atom. The van der Waals surface area contributed by atoms with E-state index in [0.717, 1.165) is 11.4 Å². The van der Waals surface area contributed by atoms with Gasteiger partial charge in [-0.1, -0.05) is 12.1 Å². The highest BCUT2D eigenvalue weighted by Gasteiger charge is 2.35. The van der Waals surface area contributed by atoms with Crippen LogP contribution in [0.3, 0.4) is 0 Å². The van der Waals surface area contributed by atoms with Crippen LogP contribution in [0.25, 0.3) is 0 Å². The number of carbonyl (C=O) groups is 2. The molecule has 0 aliphatic carbocycles. The van der Waals surface area contributed by atoms with Gasteiger partial charge in [-0.3, -0.25) is 9.59 Å². The molecule has 2 amide bonds. The lowest BCUT2D eigenvalue weighted by Gasteiger charge is -2.17. The predicted octanol–water partition coefficient (Wildman–Crippen LogP) is 3.48. The van der Waals surface area contributed by atoms with Gasteiger partial charge in [-0.05, 0) is 50.2 Å². The van der Waals surface area contributed by atoms with Crippen molar-refractivity contribution >= 4 is 23.2 Å². The lowest BCUT2D eigenvalue weighted by Crippen LogP contribution is -2.28. The van der Waals surface area contributed by atoms with Crippen LogP contribution >= 0.6 is 0 Å². The molecule has 2 aromatic rings. The van der Waals surface area contributed by atoms with E-state index in [1.165, 1.54) is 0 Å². The lowest BCUT2D eigenvalue weighted by molar-refractivity contribution is -0.122. The largest absolute Gasteiger partial charge is 0.494 e. The number of hydrogen-bond acceptors (Lipinski definition) is 4. The minimum atomic E-state index is -0.404. The van der Waals surface area contributed by atoms with Gasteiger partial charge in [0.15, 0.2) is 0 Å². The normalized spacial score (nSPS) is 16.3. The quantitative estimate of drug-likeness (QED) is 0.812. The summed E-state index contributed by atoms with van der Waals surface area (Å²) in [6.07, 6.45) is 0.190. The summed E-state index contributed by atoms with van der Waals surface area (Å²) in [5.74, 6) is 0.746. The van der Waals surface area contributed by atoms with Crippen LogP contribution in [0.5, 0.6) is 11.5 Å². The van der Waals surface area contributed by atoms with E-state index in [0.29, 0.717) is 31.2 Å². The molecule has 1 aliphatic rings. The first-order valence-corrected chi connectivity index (χ1v) is 9.18. The van der Waals surface area contributed by atoms with Gasteiger partial charge in [-0.2, -0.15) is 0 Å². The Labute approximate surface area is 159 Å². The number of nitrogens with one attached hydrogen (secondary N) is 1. The number of carbonyl (C=O) groups excluding carboxylic acids is 2. The molecule has 0 bridgehead atoms. The van der Waals surface area contributed by atoms with Crippen LogP contribution in [0, 0.1) is 5.92 Å². The first kappa shape index (κ1) is 18.8. The van der Waals surface area contributed by atoms with Gasteiger partial charge in [0.1, 0.15) is 11.5 Å². The zero-order chi connectivity index (χ0) is 19.2. The predicted molar refractivity (Wildman–Crippen MR) is 104 cm³/mol. The van der Waals surface area contributed by atoms with E-state index in [4.69, 9.17) is 9.47 Å². The molecule has 1 atom stereocenters. The molecule has 1 saturated heterocycles. The van der Waals surface area contributed by atoms with Crippen LogP contribution in [0.4, 0.5) is 11.4 Å². The molecular weight excluding hydrogens is 344 g/mol. The van der Waals surface area contributed by atoms with E-state index in [1.807, 2.05) is 56.3 Å². The van der Waals surface area contributed by atoms with Crippen molar-refractivity contribution in [2.45, 2.75) is 20.3 Å². The van der Waals surface area contributed by atoms with Gasteiger partial charge in [0.2, 0.25) is 11.8 Å². The molecular formula is C21H24N2O4. The molecule has 27 heavy (non-hydrogen) atoms. The second-order valence-corrected chi connectivity index (χ2v) is 6.25. The van der Waals surface area contributed by atoms with Crippen molar-refractivity contribution in [1.82, 2.24) is 0 Å². The van der Waals surface area contributed by atoms with Crippen LogP contribution in [-0.2, 0) is 9.59 Å². The lowest BCUT2D eigenvalue weighted by atomic mass is 10.1. The zero-order valence-corrected chi connectivity index (χ0v) is 15.6. The Balaban J connectivity index is 1.67. The highest BCUT2D eigenvalue weighted by atomic mass is 16.5. The summed E-state index contributed by atoms with van der Waals surface area (Å²) in [4.78, 5) is 26.7. The topological polar surface area (TPSA) is 67.9 Å². The molecule has 0 aromatic heterocycles. The van der Waals surface area contributed by atoms with Gasteiger partial charge < -0.3 is 19.7 Å². The van der Waals surface area contributed by atoms with Crippen LogP contribution in [-0.4, -0.2) is 31.6 Å². The standard InChI is InChI=1S/C21H24N2O4/c1-3-26-17-11-9-16(10-12-17)23-14-15(13-20(23)24)21(25)22-18-7-5-6-8-19(18)27-4-2/h5-12,15H,3-4,13-14H2,1-2H3,(H,22,25)/t15-/m0/s1. The van der Waals surface area contributed by atoms with Crippen molar-refractivity contribution < 1.29 is 19.1 Å². The van der Waals surface area contributed by atoms with Crippen molar-refractivity contribution in [3.8, 4) is 11.5 Å². The molecule has 142 valence electrons. The van der Waals surface area contributed by atoms with E-state index in [2.05, 4.69) is 5.32 Å². The number of para-hydroxylation sites is 2. The third-order valence-electron chi connectivity index (χ3n) is 4.40. The number of benzene rings is 2. The molecule has 2 aromatic carbocycles. The fourth-order valence-electron chi connectivity index (χ4n) is 3.11. The summed E-state index contributed by atoms with van der Waals surface area (Å²) in [5.41, 5.74) is 1.39. The van der Waals surface area contributed by atoms with Gasteiger partial charge in [0, 0.05) is 18.7 Å². The molecule has 1 aliphatic heterocycles. The zero-order valence-electron chi connectivity index (χ0n) is 15.6. The molecule has 1 N–H and O–H groups in total. The van der Waals surface area contributed by atoms with Gasteiger partial charge in [0.25, 0.3) is 0 Å². The molecule has 0 spiro atoms. The molecule has 3 rings (SSSR count). The van der Waals surface area contributed by atoms with Gasteiger partial charge in [0.05, 0.1) is 24.8 Å². The van der Waals surface area contributed by atoms with Crippen molar-refractivity contribution in [2.75, 3.05) is 30.0 Å². The Bertz CT molecular complexity index is 804. The number of ether oxygens (including phenoxy) is 2. The first-order valence-electron chi connectivity index (χ1n) is 9.18. The maximum absolute atomic E-state index is 12.7. The highest BCUT2D eigenvalue weighted by molar-refractivity contribution is 6.03. The van der Waals surface area contributed by atoms with Crippen LogP contribution < -0.4 is 19.7 Å². The first-order chi connectivity index (χ1) is 13.1. The van der Waals surface area contributed by atoms with Crippen molar-refractivity contribution in [1.29, 1.82) is 0 Å². The average molecular weight is 368 g/mol. The van der Waals surface area contributed by atoms with Crippen LogP contribution in [0.2, 0.25) is 0 Å². The molecule has 0 unspecified atom stereocenters. The maximum atomic E-state index is 12.7. The third kappa shape index (κ3) is 4.39. The molecule has 6 heteroatoms. The SMILES string of the molecule is CCOc1ccc(N2C[C@@H](C(=O)Nc3ccccc3OCC)CC2=O)cc1. The highest BCUT2D eigenvalue weighted by Crippen LogP contribution is 2.29. The average Bonchev–Trinajstić information content (AvgIpc) is 3.06. The second-order valence-electron chi connectivity index (χ2n) is 6.25. The van der Waals surface area contributed by atoms with Crippen LogP contribution in [0.1, 0.15) is 20.3 Å². The van der Waals surface area contributed by atoms with Gasteiger partial charge in [-0.15, -0.1) is 0 Å². The Morgan fingerprint density at radius 2 is 1.78 bits per heavy atom. The number of rotatable bonds is 7. The van der Waals surface area contributed by atoms with E-state index in [9.17, 15) is 9.59 Å². The summed E-state index contributed by atoms with van der Waals surface area (Å²) < 4.78 is 11.0. The van der Waals surface area contributed by atoms with E-state index < -0.39 is 5.92 Å². The summed E-state index contributed by atoms with van der Waals surface area (Å²) in [6, 6.07) is 14.6. The van der Waals surface area contributed by atoms with E-state index in [-0.39, 0.29) is 18.2 Å². The fraction of sp³-hybridized carbons (Fsp3) is 0.333. The molecule has 1 fully saturated rings. The maximum Gasteiger partial charge on any atom is 0.229 e. The van der Waals surface area contributed by atoms with Crippen molar-refractivity contribution in [3.63, 3.8) is 0 Å². The number of amides is 2. The molecule has 0 saturated carbocycles. The number of hydrogen-bond donors (Lipinski definition) is 1. The monoisotopic (exact) mass is 368 g/mol. The van der Waals surface area contributed by atoms with E-state index in [1.54, 1.807) is 11.0 Å². The van der Waals surface area contributed by atoms with Gasteiger partial charge >= 0.3 is 0 Å².